The number of hydrogen-bond acceptors (Lipinski definition) is 4. The van der Waals surface area contributed by atoms with Crippen LogP contribution in [0.4, 0.5) is 5.95 Å². The summed E-state index contributed by atoms with van der Waals surface area (Å²) < 4.78 is 0. The number of aromatic nitrogens is 4. The van der Waals surface area contributed by atoms with Crippen molar-refractivity contribution in [2.45, 2.75) is 26.2 Å². The van der Waals surface area contributed by atoms with E-state index in [-0.39, 0.29) is 0 Å². The number of nitrogens with two attached hydrogens (primary N) is 1. The summed E-state index contributed by atoms with van der Waals surface area (Å²) in [7, 11) is 0. The lowest BCUT2D eigenvalue weighted by molar-refractivity contribution is 0.711. The Morgan fingerprint density at radius 2 is 2.25 bits per heavy atom. The molecule has 5 nitrogen and oxygen atoms in total. The monoisotopic (exact) mass is 215 g/mol. The standard InChI is InChI=1S/C11H13N5/c1-5-3-8-7(4-13-16-8)10-9(5)6(2)14-11(12)15-10/h4-5H,3H2,1-2H3,(H,13,16)(H2,12,14,15). The van der Waals surface area contributed by atoms with Gasteiger partial charge in [0, 0.05) is 22.5 Å². The Bertz CT molecular complexity index is 557. The van der Waals surface area contributed by atoms with Crippen molar-refractivity contribution < 1.29 is 0 Å². The Morgan fingerprint density at radius 1 is 1.44 bits per heavy atom. The van der Waals surface area contributed by atoms with Crippen molar-refractivity contribution >= 4 is 5.95 Å². The highest BCUT2D eigenvalue weighted by Crippen LogP contribution is 2.38. The van der Waals surface area contributed by atoms with Crippen molar-refractivity contribution in [3.63, 3.8) is 0 Å². The molecule has 16 heavy (non-hydrogen) atoms. The van der Waals surface area contributed by atoms with E-state index in [0.717, 1.165) is 29.1 Å². The van der Waals surface area contributed by atoms with Crippen molar-refractivity contribution in [1.29, 1.82) is 0 Å². The molecule has 0 aliphatic heterocycles. The minimum atomic E-state index is 0.331. The summed E-state index contributed by atoms with van der Waals surface area (Å²) in [6.07, 6.45) is 2.77. The molecule has 0 radical (unpaired) electrons. The molecule has 1 unspecified atom stereocenters. The zero-order valence-corrected chi connectivity index (χ0v) is 9.28. The summed E-state index contributed by atoms with van der Waals surface area (Å²) in [5, 5.41) is 7.09. The normalized spacial score (nSPS) is 18.0. The third-order valence-electron chi connectivity index (χ3n) is 3.13. The summed E-state index contributed by atoms with van der Waals surface area (Å²) in [4.78, 5) is 8.58. The molecule has 2 aromatic heterocycles. The van der Waals surface area contributed by atoms with Gasteiger partial charge in [-0.2, -0.15) is 5.10 Å². The second kappa shape index (κ2) is 3.04. The van der Waals surface area contributed by atoms with Gasteiger partial charge in [0.1, 0.15) is 0 Å². The van der Waals surface area contributed by atoms with Crippen LogP contribution in [0.3, 0.4) is 0 Å². The van der Waals surface area contributed by atoms with Gasteiger partial charge in [0.15, 0.2) is 0 Å². The number of fused-ring (bicyclic) bond motifs is 3. The van der Waals surface area contributed by atoms with E-state index in [0.29, 0.717) is 11.9 Å². The lowest BCUT2D eigenvalue weighted by atomic mass is 9.85. The van der Waals surface area contributed by atoms with Crippen LogP contribution in [0.25, 0.3) is 11.3 Å². The van der Waals surface area contributed by atoms with Crippen molar-refractivity contribution in [3.05, 3.63) is 23.1 Å². The number of aryl methyl sites for hydroxylation is 1. The molecule has 0 fully saturated rings. The minimum absolute atomic E-state index is 0.331. The van der Waals surface area contributed by atoms with Crippen molar-refractivity contribution in [3.8, 4) is 11.3 Å². The Morgan fingerprint density at radius 3 is 3.06 bits per heavy atom. The molecular weight excluding hydrogens is 202 g/mol. The fourth-order valence-electron chi connectivity index (χ4n) is 2.48. The molecule has 0 spiro atoms. The van der Waals surface area contributed by atoms with Crippen LogP contribution in [0.1, 0.15) is 29.8 Å². The minimum Gasteiger partial charge on any atom is -0.368 e. The molecule has 1 aliphatic rings. The number of hydrogen-bond donors (Lipinski definition) is 2. The molecule has 1 atom stereocenters. The summed E-state index contributed by atoms with van der Waals surface area (Å²) in [5.41, 5.74) is 11.0. The van der Waals surface area contributed by atoms with Crippen molar-refractivity contribution in [2.75, 3.05) is 5.73 Å². The Kier molecular flexibility index (Phi) is 1.77. The highest BCUT2D eigenvalue weighted by Gasteiger charge is 2.26. The average molecular weight is 215 g/mol. The summed E-state index contributed by atoms with van der Waals surface area (Å²) in [5.74, 6) is 0.737. The van der Waals surface area contributed by atoms with E-state index in [2.05, 4.69) is 27.1 Å². The van der Waals surface area contributed by atoms with E-state index >= 15 is 0 Å². The molecule has 0 aromatic carbocycles. The molecule has 1 aliphatic carbocycles. The fourth-order valence-corrected chi connectivity index (χ4v) is 2.48. The number of H-pyrrole nitrogens is 1. The van der Waals surface area contributed by atoms with E-state index in [4.69, 9.17) is 5.73 Å². The van der Waals surface area contributed by atoms with Crippen LogP contribution in [0.5, 0.6) is 0 Å². The van der Waals surface area contributed by atoms with Gasteiger partial charge in [-0.25, -0.2) is 9.97 Å². The zero-order valence-electron chi connectivity index (χ0n) is 9.28. The maximum absolute atomic E-state index is 5.70. The Labute approximate surface area is 93.1 Å². The second-order valence-corrected chi connectivity index (χ2v) is 4.30. The van der Waals surface area contributed by atoms with E-state index in [1.807, 2.05) is 13.1 Å². The number of anilines is 1. The van der Waals surface area contributed by atoms with Gasteiger partial charge >= 0.3 is 0 Å². The molecule has 82 valence electrons. The quantitative estimate of drug-likeness (QED) is 0.696. The number of nitrogens with zero attached hydrogens (tertiary/aromatic N) is 3. The molecule has 3 rings (SSSR count). The fraction of sp³-hybridized carbons (Fsp3) is 0.364. The molecule has 0 saturated heterocycles. The highest BCUT2D eigenvalue weighted by atomic mass is 15.1. The van der Waals surface area contributed by atoms with Crippen LogP contribution < -0.4 is 5.73 Å². The Hall–Kier alpha value is -1.91. The molecule has 5 heteroatoms. The molecule has 0 saturated carbocycles. The lowest BCUT2D eigenvalue weighted by Gasteiger charge is -2.22. The van der Waals surface area contributed by atoms with E-state index < -0.39 is 0 Å². The number of aromatic amines is 1. The van der Waals surface area contributed by atoms with Crippen molar-refractivity contribution in [1.82, 2.24) is 20.2 Å². The van der Waals surface area contributed by atoms with Gasteiger partial charge in [0.05, 0.1) is 11.9 Å². The van der Waals surface area contributed by atoms with Gasteiger partial charge in [-0.3, -0.25) is 5.10 Å². The van der Waals surface area contributed by atoms with E-state index in [1.54, 1.807) is 0 Å². The maximum Gasteiger partial charge on any atom is 0.220 e. The number of nitrogen functional groups attached to an aromatic ring is 1. The molecule has 2 aromatic rings. The molecule has 0 bridgehead atoms. The van der Waals surface area contributed by atoms with Gasteiger partial charge in [-0.05, 0) is 19.3 Å². The van der Waals surface area contributed by atoms with Gasteiger partial charge < -0.3 is 5.73 Å². The topological polar surface area (TPSA) is 80.5 Å². The van der Waals surface area contributed by atoms with E-state index in [9.17, 15) is 0 Å². The van der Waals surface area contributed by atoms with Crippen molar-refractivity contribution in [2.24, 2.45) is 0 Å². The van der Waals surface area contributed by atoms with Gasteiger partial charge in [0.25, 0.3) is 0 Å². The predicted octanol–water partition coefficient (Wildman–Crippen LogP) is 1.42. The van der Waals surface area contributed by atoms with Gasteiger partial charge in [0.2, 0.25) is 5.95 Å². The highest BCUT2D eigenvalue weighted by molar-refractivity contribution is 5.70. The maximum atomic E-state index is 5.70. The molecule has 3 N–H and O–H groups in total. The van der Waals surface area contributed by atoms with E-state index in [1.165, 1.54) is 5.56 Å². The second-order valence-electron chi connectivity index (χ2n) is 4.30. The first-order valence-electron chi connectivity index (χ1n) is 5.33. The first-order chi connectivity index (χ1) is 7.66. The molecule has 2 heterocycles. The lowest BCUT2D eigenvalue weighted by Crippen LogP contribution is -2.14. The number of rotatable bonds is 0. The van der Waals surface area contributed by atoms with Crippen LogP contribution in [-0.4, -0.2) is 20.2 Å². The Balaban J connectivity index is 2.34. The van der Waals surface area contributed by atoms with Crippen LogP contribution in [0.15, 0.2) is 6.20 Å². The smallest absolute Gasteiger partial charge is 0.220 e. The summed E-state index contributed by atoms with van der Waals surface area (Å²) in [6, 6.07) is 0. The van der Waals surface area contributed by atoms with Crippen LogP contribution in [0.2, 0.25) is 0 Å². The van der Waals surface area contributed by atoms with Crippen LogP contribution >= 0.6 is 0 Å². The van der Waals surface area contributed by atoms with Gasteiger partial charge in [-0.15, -0.1) is 0 Å². The van der Waals surface area contributed by atoms with Crippen LogP contribution in [-0.2, 0) is 6.42 Å². The predicted molar refractivity (Wildman–Crippen MR) is 60.9 cm³/mol. The molecular formula is C11H13N5. The molecule has 0 amide bonds. The van der Waals surface area contributed by atoms with Gasteiger partial charge in [-0.1, -0.05) is 6.92 Å². The third kappa shape index (κ3) is 1.14. The van der Waals surface area contributed by atoms with Crippen LogP contribution in [0, 0.1) is 6.92 Å². The SMILES string of the molecule is Cc1nc(N)nc2c1C(C)Cc1[nH]ncc1-2. The first-order valence-corrected chi connectivity index (χ1v) is 5.33. The average Bonchev–Trinajstić information content (AvgIpc) is 2.64. The third-order valence-corrected chi connectivity index (χ3v) is 3.13. The summed E-state index contributed by atoms with van der Waals surface area (Å²) in [6.45, 7) is 4.16. The first kappa shape index (κ1) is 9.33. The zero-order chi connectivity index (χ0) is 11.3. The number of nitrogens with one attached hydrogen (secondary N) is 1. The summed E-state index contributed by atoms with van der Waals surface area (Å²) >= 11 is 0. The largest absolute Gasteiger partial charge is 0.368 e.